The Bertz CT molecular complexity index is 453. The fourth-order valence-electron chi connectivity index (χ4n) is 1.27. The van der Waals surface area contributed by atoms with Gasteiger partial charge in [0.15, 0.2) is 5.44 Å². The van der Waals surface area contributed by atoms with Crippen LogP contribution in [0.2, 0.25) is 0 Å². The van der Waals surface area contributed by atoms with Crippen LogP contribution >= 0.6 is 0 Å². The van der Waals surface area contributed by atoms with Gasteiger partial charge in [0.05, 0.1) is 12.4 Å². The Labute approximate surface area is 113 Å². The van der Waals surface area contributed by atoms with Crippen molar-refractivity contribution in [3.63, 3.8) is 0 Å². The SMILES string of the molecule is CCOC(CCCS(=O)(=O)OC=O)S(=O)(=O)OCC. The number of hydrogen-bond acceptors (Lipinski definition) is 8. The maximum Gasteiger partial charge on any atom is 0.311 e. The van der Waals surface area contributed by atoms with E-state index in [2.05, 4.69) is 8.37 Å². The lowest BCUT2D eigenvalue weighted by Crippen LogP contribution is -2.27. The maximum absolute atomic E-state index is 11.6. The van der Waals surface area contributed by atoms with Crippen molar-refractivity contribution in [1.82, 2.24) is 0 Å². The minimum atomic E-state index is -3.96. The number of carbonyl (C=O) groups is 1. The van der Waals surface area contributed by atoms with Crippen LogP contribution in [-0.2, 0) is 38.1 Å². The van der Waals surface area contributed by atoms with Gasteiger partial charge in [0.1, 0.15) is 0 Å². The highest BCUT2D eigenvalue weighted by atomic mass is 32.2. The van der Waals surface area contributed by atoms with Gasteiger partial charge in [0.2, 0.25) is 0 Å². The zero-order valence-electron chi connectivity index (χ0n) is 10.8. The summed E-state index contributed by atoms with van der Waals surface area (Å²) in [5.41, 5.74) is -1.23. The molecule has 0 saturated carbocycles. The minimum Gasteiger partial charge on any atom is -0.360 e. The molecule has 0 aromatic carbocycles. The van der Waals surface area contributed by atoms with Gasteiger partial charge in [-0.2, -0.15) is 16.8 Å². The highest BCUT2D eigenvalue weighted by molar-refractivity contribution is 7.87. The second-order valence-electron chi connectivity index (χ2n) is 3.38. The lowest BCUT2D eigenvalue weighted by Gasteiger charge is -2.16. The lowest BCUT2D eigenvalue weighted by molar-refractivity contribution is -0.120. The standard InChI is InChI=1S/C9H18O8S2/c1-3-15-9(19(13,14)16-4-2)6-5-7-18(11,12)17-8-10/h8-9H,3-7H2,1-2H3. The Hall–Kier alpha value is -0.710. The summed E-state index contributed by atoms with van der Waals surface area (Å²) in [6, 6.07) is 0. The van der Waals surface area contributed by atoms with E-state index in [1.807, 2.05) is 0 Å². The van der Waals surface area contributed by atoms with Crippen molar-refractivity contribution in [3.05, 3.63) is 0 Å². The molecule has 0 aromatic heterocycles. The van der Waals surface area contributed by atoms with E-state index in [0.717, 1.165) is 0 Å². The molecule has 0 radical (unpaired) electrons. The Morgan fingerprint density at radius 3 is 2.21 bits per heavy atom. The van der Waals surface area contributed by atoms with Gasteiger partial charge in [-0.25, -0.2) is 0 Å². The van der Waals surface area contributed by atoms with Crippen LogP contribution in [0.15, 0.2) is 0 Å². The smallest absolute Gasteiger partial charge is 0.311 e. The van der Waals surface area contributed by atoms with Crippen LogP contribution < -0.4 is 0 Å². The first-order valence-electron chi connectivity index (χ1n) is 5.63. The number of ether oxygens (including phenoxy) is 1. The summed E-state index contributed by atoms with van der Waals surface area (Å²) in [5.74, 6) is -0.475. The third kappa shape index (κ3) is 7.45. The van der Waals surface area contributed by atoms with Crippen molar-refractivity contribution in [2.75, 3.05) is 19.0 Å². The molecule has 0 aliphatic carbocycles. The van der Waals surface area contributed by atoms with E-state index >= 15 is 0 Å². The number of hydrogen-bond donors (Lipinski definition) is 0. The molecule has 19 heavy (non-hydrogen) atoms. The van der Waals surface area contributed by atoms with Crippen molar-refractivity contribution in [3.8, 4) is 0 Å². The summed E-state index contributed by atoms with van der Waals surface area (Å²) < 4.78 is 58.9. The van der Waals surface area contributed by atoms with E-state index in [0.29, 0.717) is 0 Å². The van der Waals surface area contributed by atoms with Crippen LogP contribution in [0.1, 0.15) is 26.7 Å². The van der Waals surface area contributed by atoms with Crippen LogP contribution in [0.5, 0.6) is 0 Å². The second-order valence-corrected chi connectivity index (χ2v) is 6.84. The van der Waals surface area contributed by atoms with E-state index in [1.165, 1.54) is 6.92 Å². The summed E-state index contributed by atoms with van der Waals surface area (Å²) >= 11 is 0. The van der Waals surface area contributed by atoms with Crippen LogP contribution in [0.3, 0.4) is 0 Å². The molecule has 8 nitrogen and oxygen atoms in total. The molecule has 0 amide bonds. The normalized spacial score (nSPS) is 14.0. The molecule has 0 bridgehead atoms. The summed E-state index contributed by atoms with van der Waals surface area (Å²) in [5, 5.41) is 0. The van der Waals surface area contributed by atoms with Crippen molar-refractivity contribution in [1.29, 1.82) is 0 Å². The molecule has 0 heterocycles. The molecule has 1 atom stereocenters. The predicted molar refractivity (Wildman–Crippen MR) is 66.1 cm³/mol. The van der Waals surface area contributed by atoms with Crippen molar-refractivity contribution in [2.24, 2.45) is 0 Å². The molecular formula is C9H18O8S2. The molecule has 0 aliphatic rings. The maximum atomic E-state index is 11.6. The van der Waals surface area contributed by atoms with Gasteiger partial charge in [-0.05, 0) is 26.7 Å². The van der Waals surface area contributed by atoms with Crippen molar-refractivity contribution in [2.45, 2.75) is 32.1 Å². The summed E-state index contributed by atoms with van der Waals surface area (Å²) in [7, 11) is -7.85. The predicted octanol–water partition coefficient (Wildman–Crippen LogP) is -0.00170. The van der Waals surface area contributed by atoms with Gasteiger partial charge in [-0.3, -0.25) is 8.98 Å². The number of rotatable bonds is 11. The van der Waals surface area contributed by atoms with E-state index in [9.17, 15) is 21.6 Å². The average Bonchev–Trinajstić information content (AvgIpc) is 2.27. The second kappa shape index (κ2) is 8.46. The summed E-state index contributed by atoms with van der Waals surface area (Å²) in [6.45, 7) is 3.06. The average molecular weight is 318 g/mol. The topological polar surface area (TPSA) is 113 Å². The Kier molecular flexibility index (Phi) is 8.14. The Morgan fingerprint density at radius 1 is 1.11 bits per heavy atom. The van der Waals surface area contributed by atoms with Crippen LogP contribution in [0, 0.1) is 0 Å². The molecule has 0 N–H and O–H groups in total. The largest absolute Gasteiger partial charge is 0.360 e. The number of carbonyl (C=O) groups excluding carboxylic acids is 1. The molecule has 114 valence electrons. The fourth-order valence-corrected chi connectivity index (χ4v) is 3.25. The molecule has 0 fully saturated rings. The Morgan fingerprint density at radius 2 is 1.74 bits per heavy atom. The third-order valence-electron chi connectivity index (χ3n) is 1.98. The van der Waals surface area contributed by atoms with E-state index < -0.39 is 31.4 Å². The van der Waals surface area contributed by atoms with Crippen molar-refractivity contribution < 1.29 is 34.7 Å². The van der Waals surface area contributed by atoms with Crippen LogP contribution in [0.25, 0.3) is 0 Å². The quantitative estimate of drug-likeness (QED) is 0.386. The first-order valence-corrected chi connectivity index (χ1v) is 8.68. The van der Waals surface area contributed by atoms with Gasteiger partial charge in [-0.1, -0.05) is 0 Å². The molecule has 0 saturated heterocycles. The van der Waals surface area contributed by atoms with Crippen LogP contribution in [-0.4, -0.2) is 47.7 Å². The molecule has 10 heteroatoms. The molecule has 0 spiro atoms. The van der Waals surface area contributed by atoms with Gasteiger partial charge in [0, 0.05) is 6.61 Å². The van der Waals surface area contributed by atoms with Gasteiger partial charge >= 0.3 is 16.6 Å². The molecule has 0 aliphatic heterocycles. The van der Waals surface area contributed by atoms with Gasteiger partial charge < -0.3 is 8.92 Å². The van der Waals surface area contributed by atoms with E-state index in [-0.39, 0.29) is 32.5 Å². The molecule has 0 rings (SSSR count). The first-order chi connectivity index (χ1) is 8.79. The zero-order valence-corrected chi connectivity index (χ0v) is 12.4. The van der Waals surface area contributed by atoms with Crippen molar-refractivity contribution >= 4 is 26.7 Å². The van der Waals surface area contributed by atoms with Gasteiger partial charge in [0.25, 0.3) is 10.1 Å². The molecule has 1 unspecified atom stereocenters. The highest BCUT2D eigenvalue weighted by Crippen LogP contribution is 2.14. The van der Waals surface area contributed by atoms with E-state index in [4.69, 9.17) is 4.74 Å². The monoisotopic (exact) mass is 318 g/mol. The summed E-state index contributed by atoms with van der Waals surface area (Å²) in [4.78, 5) is 9.92. The van der Waals surface area contributed by atoms with Gasteiger partial charge in [-0.15, -0.1) is 0 Å². The minimum absolute atomic E-state index is 0.0293. The highest BCUT2D eigenvalue weighted by Gasteiger charge is 2.27. The molecular weight excluding hydrogens is 300 g/mol. The zero-order chi connectivity index (χ0) is 14.9. The lowest BCUT2D eigenvalue weighted by atomic mass is 10.3. The first kappa shape index (κ1) is 18.3. The summed E-state index contributed by atoms with van der Waals surface area (Å²) in [6.07, 6.45) is -0.106. The Balaban J connectivity index is 4.50. The molecule has 0 aromatic rings. The third-order valence-corrected chi connectivity index (χ3v) is 4.72. The van der Waals surface area contributed by atoms with Crippen LogP contribution in [0.4, 0.5) is 0 Å². The van der Waals surface area contributed by atoms with E-state index in [1.54, 1.807) is 6.92 Å². The fraction of sp³-hybridized carbons (Fsp3) is 0.889.